The summed E-state index contributed by atoms with van der Waals surface area (Å²) < 4.78 is 20.4. The third kappa shape index (κ3) is 6.36. The first kappa shape index (κ1) is 26.4. The maximum absolute atomic E-state index is 13.4. The molecule has 1 fully saturated rings. The number of ether oxygens (including phenoxy) is 1. The molecule has 36 heavy (non-hydrogen) atoms. The third-order valence-corrected chi connectivity index (χ3v) is 7.33. The molecule has 0 spiro atoms. The average molecular weight is 655 g/mol. The Labute approximate surface area is 232 Å². The zero-order chi connectivity index (χ0) is 25.8. The van der Waals surface area contributed by atoms with Gasteiger partial charge in [-0.2, -0.15) is 0 Å². The van der Waals surface area contributed by atoms with E-state index in [0.29, 0.717) is 36.5 Å². The number of rotatable bonds is 7. The number of carbonyl (C=O) groups is 3. The van der Waals surface area contributed by atoms with Gasteiger partial charge in [0.1, 0.15) is 24.7 Å². The predicted octanol–water partition coefficient (Wildman–Crippen LogP) is 7.26. The van der Waals surface area contributed by atoms with Crippen molar-refractivity contribution >= 4 is 84.0 Å². The van der Waals surface area contributed by atoms with Crippen LogP contribution in [0, 0.1) is 5.82 Å². The SMILES string of the molecule is O=C(CN1C(=O)S/C(=C/c2cc(Br)c(OCc3cccc(F)c3)c(Br)c2)C1=O)Nc1ccccc1Cl. The van der Waals surface area contributed by atoms with Crippen LogP contribution in [-0.2, 0) is 16.2 Å². The average Bonchev–Trinajstić information content (AvgIpc) is 3.07. The second-order valence-corrected chi connectivity index (χ2v) is 10.6. The quantitative estimate of drug-likeness (QED) is 0.272. The van der Waals surface area contributed by atoms with E-state index < -0.39 is 23.6 Å². The summed E-state index contributed by atoms with van der Waals surface area (Å²) in [6.07, 6.45) is 1.56. The van der Waals surface area contributed by atoms with E-state index in [9.17, 15) is 18.8 Å². The van der Waals surface area contributed by atoms with E-state index in [1.807, 2.05) is 0 Å². The van der Waals surface area contributed by atoms with E-state index in [1.54, 1.807) is 54.6 Å². The van der Waals surface area contributed by atoms with Gasteiger partial charge in [-0.3, -0.25) is 19.3 Å². The van der Waals surface area contributed by atoms with Gasteiger partial charge in [0.05, 0.1) is 24.6 Å². The molecule has 1 heterocycles. The lowest BCUT2D eigenvalue weighted by Crippen LogP contribution is -2.36. The van der Waals surface area contributed by atoms with Crippen molar-refractivity contribution in [1.29, 1.82) is 0 Å². The topological polar surface area (TPSA) is 75.7 Å². The molecule has 0 radical (unpaired) electrons. The molecule has 0 saturated carbocycles. The van der Waals surface area contributed by atoms with Crippen LogP contribution in [0.5, 0.6) is 5.75 Å². The number of halogens is 4. The summed E-state index contributed by atoms with van der Waals surface area (Å²) in [4.78, 5) is 38.7. The summed E-state index contributed by atoms with van der Waals surface area (Å²) in [7, 11) is 0. The molecule has 0 aromatic heterocycles. The van der Waals surface area contributed by atoms with Crippen molar-refractivity contribution in [2.24, 2.45) is 0 Å². The number of imide groups is 1. The number of hydrogen-bond donors (Lipinski definition) is 1. The van der Waals surface area contributed by atoms with E-state index in [0.717, 1.165) is 16.7 Å². The third-order valence-electron chi connectivity index (χ3n) is 4.91. The number of nitrogens with zero attached hydrogens (tertiary/aromatic N) is 1. The van der Waals surface area contributed by atoms with Crippen molar-refractivity contribution < 1.29 is 23.5 Å². The summed E-state index contributed by atoms with van der Waals surface area (Å²) in [5, 5.41) is 2.40. The standard InChI is InChI=1S/C25H16Br2ClFN2O4S/c26-17-9-15(10-18(27)23(17)35-13-14-4-3-5-16(29)8-14)11-21-24(33)31(25(34)36-21)12-22(32)30-20-7-2-1-6-19(20)28/h1-11H,12-13H2,(H,30,32)/b21-11+. The number of hydrogen-bond acceptors (Lipinski definition) is 5. The Hall–Kier alpha value is -2.66. The van der Waals surface area contributed by atoms with Crippen molar-refractivity contribution in [1.82, 2.24) is 4.90 Å². The molecule has 1 aliphatic heterocycles. The maximum Gasteiger partial charge on any atom is 0.294 e. The van der Waals surface area contributed by atoms with Gasteiger partial charge in [-0.05, 0) is 97.2 Å². The van der Waals surface area contributed by atoms with Crippen LogP contribution in [0.25, 0.3) is 6.08 Å². The molecule has 0 unspecified atom stereocenters. The second-order valence-electron chi connectivity index (χ2n) is 7.53. The van der Waals surface area contributed by atoms with Crippen LogP contribution in [0.15, 0.2) is 74.5 Å². The molecule has 4 rings (SSSR count). The molecule has 1 N–H and O–H groups in total. The Morgan fingerprint density at radius 3 is 2.50 bits per heavy atom. The Kier molecular flexibility index (Phi) is 8.50. The monoisotopic (exact) mass is 652 g/mol. The summed E-state index contributed by atoms with van der Waals surface area (Å²) in [5.74, 6) is -0.962. The Morgan fingerprint density at radius 1 is 1.08 bits per heavy atom. The number of nitrogens with one attached hydrogen (secondary N) is 1. The van der Waals surface area contributed by atoms with Crippen LogP contribution in [-0.4, -0.2) is 28.5 Å². The Balaban J connectivity index is 1.44. The molecule has 0 atom stereocenters. The minimum atomic E-state index is -0.571. The summed E-state index contributed by atoms with van der Waals surface area (Å²) >= 11 is 13.7. The van der Waals surface area contributed by atoms with Gasteiger partial charge in [0.15, 0.2) is 0 Å². The minimum absolute atomic E-state index is 0.156. The molecule has 3 aromatic rings. The number of thioether (sulfide) groups is 1. The molecule has 1 aliphatic rings. The second kappa shape index (κ2) is 11.6. The maximum atomic E-state index is 13.4. The molecule has 11 heteroatoms. The first-order valence-corrected chi connectivity index (χ1v) is 13.2. The van der Waals surface area contributed by atoms with Gasteiger partial charge in [-0.25, -0.2) is 4.39 Å². The van der Waals surface area contributed by atoms with Gasteiger partial charge < -0.3 is 10.1 Å². The summed E-state index contributed by atoms with van der Waals surface area (Å²) in [5.41, 5.74) is 1.68. The lowest BCUT2D eigenvalue weighted by molar-refractivity contribution is -0.127. The zero-order valence-electron chi connectivity index (χ0n) is 18.3. The van der Waals surface area contributed by atoms with Crippen LogP contribution in [0.1, 0.15) is 11.1 Å². The molecule has 3 aromatic carbocycles. The van der Waals surface area contributed by atoms with E-state index in [-0.39, 0.29) is 17.3 Å². The highest BCUT2D eigenvalue weighted by molar-refractivity contribution is 9.11. The van der Waals surface area contributed by atoms with Crippen molar-refractivity contribution in [3.63, 3.8) is 0 Å². The highest BCUT2D eigenvalue weighted by atomic mass is 79.9. The van der Waals surface area contributed by atoms with Gasteiger partial charge >= 0.3 is 0 Å². The lowest BCUT2D eigenvalue weighted by Gasteiger charge is -2.13. The molecule has 3 amide bonds. The minimum Gasteiger partial charge on any atom is -0.487 e. The van der Waals surface area contributed by atoms with Crippen molar-refractivity contribution in [3.05, 3.63) is 96.5 Å². The fourth-order valence-corrected chi connectivity index (χ4v) is 5.74. The zero-order valence-corrected chi connectivity index (χ0v) is 23.0. The van der Waals surface area contributed by atoms with E-state index in [2.05, 4.69) is 37.2 Å². The first-order valence-electron chi connectivity index (χ1n) is 10.4. The Morgan fingerprint density at radius 2 is 1.81 bits per heavy atom. The highest BCUT2D eigenvalue weighted by Gasteiger charge is 2.36. The number of anilines is 1. The summed E-state index contributed by atoms with van der Waals surface area (Å²) in [6, 6.07) is 16.2. The van der Waals surface area contributed by atoms with Crippen molar-refractivity contribution in [2.75, 3.05) is 11.9 Å². The van der Waals surface area contributed by atoms with E-state index in [4.69, 9.17) is 16.3 Å². The van der Waals surface area contributed by atoms with E-state index in [1.165, 1.54) is 12.1 Å². The predicted molar refractivity (Wildman–Crippen MR) is 145 cm³/mol. The van der Waals surface area contributed by atoms with Gasteiger partial charge in [0.25, 0.3) is 11.1 Å². The fraction of sp³-hybridized carbons (Fsp3) is 0.0800. The van der Waals surface area contributed by atoms with Gasteiger partial charge in [0, 0.05) is 0 Å². The fourth-order valence-electron chi connectivity index (χ4n) is 3.27. The van der Waals surface area contributed by atoms with Gasteiger partial charge in [-0.15, -0.1) is 0 Å². The molecular formula is C25H16Br2ClFN2O4S. The molecule has 6 nitrogen and oxygen atoms in total. The molecule has 0 bridgehead atoms. The smallest absolute Gasteiger partial charge is 0.294 e. The Bertz CT molecular complexity index is 1380. The summed E-state index contributed by atoms with van der Waals surface area (Å²) in [6.45, 7) is -0.281. The largest absolute Gasteiger partial charge is 0.487 e. The van der Waals surface area contributed by atoms with Crippen molar-refractivity contribution in [2.45, 2.75) is 6.61 Å². The van der Waals surface area contributed by atoms with Gasteiger partial charge in [-0.1, -0.05) is 35.9 Å². The molecule has 184 valence electrons. The van der Waals surface area contributed by atoms with Crippen LogP contribution in [0.3, 0.4) is 0 Å². The van der Waals surface area contributed by atoms with E-state index >= 15 is 0 Å². The van der Waals surface area contributed by atoms with Crippen LogP contribution >= 0.6 is 55.2 Å². The van der Waals surface area contributed by atoms with Crippen LogP contribution in [0.4, 0.5) is 14.9 Å². The first-order chi connectivity index (χ1) is 17.2. The highest BCUT2D eigenvalue weighted by Crippen LogP contribution is 2.38. The van der Waals surface area contributed by atoms with Crippen molar-refractivity contribution in [3.8, 4) is 5.75 Å². The number of carbonyl (C=O) groups excluding carboxylic acids is 3. The molecule has 0 aliphatic carbocycles. The molecular weight excluding hydrogens is 639 g/mol. The lowest BCUT2D eigenvalue weighted by atomic mass is 10.2. The molecule has 1 saturated heterocycles. The number of amides is 3. The van der Waals surface area contributed by atoms with Crippen LogP contribution in [0.2, 0.25) is 5.02 Å². The number of para-hydroxylation sites is 1. The van der Waals surface area contributed by atoms with Gasteiger partial charge in [0.2, 0.25) is 5.91 Å². The van der Waals surface area contributed by atoms with Crippen LogP contribution < -0.4 is 10.1 Å². The number of benzene rings is 3. The normalized spacial score (nSPS) is 14.4.